The molecule has 0 saturated carbocycles. The maximum absolute atomic E-state index is 5.95. The lowest BCUT2D eigenvalue weighted by atomic mass is 10.0. The van der Waals surface area contributed by atoms with Gasteiger partial charge in [-0.25, -0.2) is 0 Å². The molecule has 0 aliphatic rings. The number of rotatable bonds is 6. The third-order valence-corrected chi connectivity index (χ3v) is 3.74. The molecule has 0 aromatic heterocycles. The van der Waals surface area contributed by atoms with E-state index in [1.807, 2.05) is 6.07 Å². The fourth-order valence-electron chi connectivity index (χ4n) is 2.37. The van der Waals surface area contributed by atoms with Gasteiger partial charge in [-0.2, -0.15) is 0 Å². The summed E-state index contributed by atoms with van der Waals surface area (Å²) >= 11 is 3.53. The van der Waals surface area contributed by atoms with Crippen LogP contribution in [0.2, 0.25) is 0 Å². The van der Waals surface area contributed by atoms with Gasteiger partial charge in [-0.05, 0) is 41.8 Å². The molecule has 0 spiro atoms. The minimum Gasteiger partial charge on any atom is -0.380 e. The van der Waals surface area contributed by atoms with Crippen molar-refractivity contribution in [1.29, 1.82) is 0 Å². The van der Waals surface area contributed by atoms with Gasteiger partial charge in [-0.1, -0.05) is 40.2 Å². The lowest BCUT2D eigenvalue weighted by Crippen LogP contribution is -2.20. The Morgan fingerprint density at radius 1 is 1.24 bits per heavy atom. The minimum atomic E-state index is 0.0792. The molecule has 2 aromatic rings. The van der Waals surface area contributed by atoms with Gasteiger partial charge in [0.05, 0.1) is 12.6 Å². The third-order valence-electron chi connectivity index (χ3n) is 3.28. The van der Waals surface area contributed by atoms with E-state index in [4.69, 9.17) is 10.5 Å². The number of aryl methyl sites for hydroxylation is 1. The van der Waals surface area contributed by atoms with E-state index in [0.717, 1.165) is 15.7 Å². The summed E-state index contributed by atoms with van der Waals surface area (Å²) in [6.45, 7) is 3.22. The normalized spacial score (nSPS) is 12.2. The first-order valence-corrected chi connectivity index (χ1v) is 7.73. The first-order valence-electron chi connectivity index (χ1n) is 6.94. The Balaban J connectivity index is 2.21. The van der Waals surface area contributed by atoms with Crippen molar-refractivity contribution < 1.29 is 4.74 Å². The average molecular weight is 349 g/mol. The second-order valence-corrected chi connectivity index (χ2v) is 6.04. The Kier molecular flexibility index (Phi) is 5.79. The summed E-state index contributed by atoms with van der Waals surface area (Å²) in [5.74, 6) is 0. The summed E-state index contributed by atoms with van der Waals surface area (Å²) in [4.78, 5) is 0. The number of hydrogen-bond acceptors (Lipinski definition) is 3. The van der Waals surface area contributed by atoms with Crippen molar-refractivity contribution in [2.75, 3.05) is 19.0 Å². The summed E-state index contributed by atoms with van der Waals surface area (Å²) in [5, 5.41) is 3.50. The standard InChI is InChI=1S/C17H21BrN2O/c1-12-6-15(18)9-16(7-12)20-17(10-19)14-5-3-4-13(8-14)11-21-2/h3-9,17,20H,10-11,19H2,1-2H3. The van der Waals surface area contributed by atoms with E-state index in [0.29, 0.717) is 13.2 Å². The van der Waals surface area contributed by atoms with Gasteiger partial charge in [-0.3, -0.25) is 0 Å². The third kappa shape index (κ3) is 4.56. The first-order chi connectivity index (χ1) is 10.1. The Labute approximate surface area is 134 Å². The monoisotopic (exact) mass is 348 g/mol. The van der Waals surface area contributed by atoms with Crippen molar-refractivity contribution in [3.63, 3.8) is 0 Å². The summed E-state index contributed by atoms with van der Waals surface area (Å²) in [6, 6.07) is 14.7. The van der Waals surface area contributed by atoms with E-state index in [1.165, 1.54) is 11.1 Å². The number of nitrogens with two attached hydrogens (primary N) is 1. The Hall–Kier alpha value is -1.36. The largest absolute Gasteiger partial charge is 0.380 e. The SMILES string of the molecule is COCc1cccc(C(CN)Nc2cc(C)cc(Br)c2)c1. The fourth-order valence-corrected chi connectivity index (χ4v) is 2.97. The van der Waals surface area contributed by atoms with E-state index >= 15 is 0 Å². The first kappa shape index (κ1) is 16.0. The number of hydrogen-bond donors (Lipinski definition) is 2. The van der Waals surface area contributed by atoms with Crippen molar-refractivity contribution in [2.24, 2.45) is 5.73 Å². The van der Waals surface area contributed by atoms with E-state index in [1.54, 1.807) is 7.11 Å². The van der Waals surface area contributed by atoms with E-state index < -0.39 is 0 Å². The van der Waals surface area contributed by atoms with Crippen LogP contribution < -0.4 is 11.1 Å². The van der Waals surface area contributed by atoms with Crippen LogP contribution in [0, 0.1) is 6.92 Å². The molecule has 3 nitrogen and oxygen atoms in total. The van der Waals surface area contributed by atoms with Crippen LogP contribution in [0.1, 0.15) is 22.7 Å². The predicted octanol–water partition coefficient (Wildman–Crippen LogP) is 4.02. The van der Waals surface area contributed by atoms with Crippen LogP contribution in [-0.2, 0) is 11.3 Å². The smallest absolute Gasteiger partial charge is 0.0713 e. The van der Waals surface area contributed by atoms with Crippen molar-refractivity contribution in [3.8, 4) is 0 Å². The molecule has 0 aliphatic carbocycles. The highest BCUT2D eigenvalue weighted by Crippen LogP contribution is 2.24. The van der Waals surface area contributed by atoms with Gasteiger partial charge in [0.1, 0.15) is 0 Å². The second-order valence-electron chi connectivity index (χ2n) is 5.13. The highest BCUT2D eigenvalue weighted by molar-refractivity contribution is 9.10. The molecule has 0 heterocycles. The van der Waals surface area contributed by atoms with Gasteiger partial charge < -0.3 is 15.8 Å². The summed E-state index contributed by atoms with van der Waals surface area (Å²) in [5.41, 5.74) is 10.5. The Morgan fingerprint density at radius 3 is 2.71 bits per heavy atom. The quantitative estimate of drug-likeness (QED) is 0.828. The number of benzene rings is 2. The van der Waals surface area contributed by atoms with Crippen LogP contribution in [0.4, 0.5) is 5.69 Å². The molecule has 0 aliphatic heterocycles. The Morgan fingerprint density at radius 2 is 2.05 bits per heavy atom. The zero-order chi connectivity index (χ0) is 15.2. The summed E-state index contributed by atoms with van der Waals surface area (Å²) in [7, 11) is 1.70. The fraction of sp³-hybridized carbons (Fsp3) is 0.294. The molecule has 0 fully saturated rings. The van der Waals surface area contributed by atoms with Crippen molar-refractivity contribution in [3.05, 3.63) is 63.6 Å². The number of anilines is 1. The maximum atomic E-state index is 5.95. The van der Waals surface area contributed by atoms with E-state index in [9.17, 15) is 0 Å². The van der Waals surface area contributed by atoms with Crippen LogP contribution >= 0.6 is 15.9 Å². The van der Waals surface area contributed by atoms with Gasteiger partial charge in [-0.15, -0.1) is 0 Å². The molecular formula is C17H21BrN2O. The molecule has 4 heteroatoms. The van der Waals surface area contributed by atoms with Crippen LogP contribution in [0.5, 0.6) is 0 Å². The van der Waals surface area contributed by atoms with Crippen molar-refractivity contribution in [1.82, 2.24) is 0 Å². The van der Waals surface area contributed by atoms with Crippen LogP contribution in [0.25, 0.3) is 0 Å². The topological polar surface area (TPSA) is 47.3 Å². The molecule has 0 amide bonds. The number of ether oxygens (including phenoxy) is 1. The zero-order valence-electron chi connectivity index (χ0n) is 12.4. The van der Waals surface area contributed by atoms with E-state index in [-0.39, 0.29) is 6.04 Å². The summed E-state index contributed by atoms with van der Waals surface area (Å²) < 4.78 is 6.25. The van der Waals surface area contributed by atoms with Crippen LogP contribution in [0.3, 0.4) is 0 Å². The molecule has 2 aromatic carbocycles. The van der Waals surface area contributed by atoms with Crippen molar-refractivity contribution in [2.45, 2.75) is 19.6 Å². The van der Waals surface area contributed by atoms with Crippen molar-refractivity contribution >= 4 is 21.6 Å². The highest BCUT2D eigenvalue weighted by Gasteiger charge is 2.10. The van der Waals surface area contributed by atoms with E-state index in [2.05, 4.69) is 64.6 Å². The molecule has 0 radical (unpaired) electrons. The lowest BCUT2D eigenvalue weighted by Gasteiger charge is -2.20. The van der Waals surface area contributed by atoms with Gasteiger partial charge in [0.15, 0.2) is 0 Å². The molecule has 3 N–H and O–H groups in total. The number of nitrogens with one attached hydrogen (secondary N) is 1. The molecule has 1 atom stereocenters. The highest BCUT2D eigenvalue weighted by atomic mass is 79.9. The molecular weight excluding hydrogens is 328 g/mol. The molecule has 112 valence electrons. The molecule has 0 bridgehead atoms. The Bertz CT molecular complexity index is 581. The van der Waals surface area contributed by atoms with Gasteiger partial charge >= 0.3 is 0 Å². The average Bonchev–Trinajstić information content (AvgIpc) is 2.44. The van der Waals surface area contributed by atoms with Gasteiger partial charge in [0, 0.05) is 23.8 Å². The molecule has 0 saturated heterocycles. The lowest BCUT2D eigenvalue weighted by molar-refractivity contribution is 0.185. The predicted molar refractivity (Wildman–Crippen MR) is 91.5 cm³/mol. The minimum absolute atomic E-state index is 0.0792. The number of methoxy groups -OCH3 is 1. The number of halogens is 1. The summed E-state index contributed by atoms with van der Waals surface area (Å²) in [6.07, 6.45) is 0. The maximum Gasteiger partial charge on any atom is 0.0713 e. The molecule has 2 rings (SSSR count). The second kappa shape index (κ2) is 7.59. The molecule has 1 unspecified atom stereocenters. The van der Waals surface area contributed by atoms with Gasteiger partial charge in [0.2, 0.25) is 0 Å². The zero-order valence-corrected chi connectivity index (χ0v) is 14.0. The molecule has 21 heavy (non-hydrogen) atoms. The van der Waals surface area contributed by atoms with Crippen LogP contribution in [-0.4, -0.2) is 13.7 Å². The van der Waals surface area contributed by atoms with Crippen LogP contribution in [0.15, 0.2) is 46.9 Å². The van der Waals surface area contributed by atoms with Gasteiger partial charge in [0.25, 0.3) is 0 Å².